The molecule has 21 heavy (non-hydrogen) atoms. The van der Waals surface area contributed by atoms with E-state index in [1.165, 1.54) is 14.2 Å². The van der Waals surface area contributed by atoms with Crippen LogP contribution >= 0.6 is 0 Å². The van der Waals surface area contributed by atoms with Crippen molar-refractivity contribution in [1.82, 2.24) is 0 Å². The second-order valence-corrected chi connectivity index (χ2v) is 4.90. The first-order valence-corrected chi connectivity index (χ1v) is 6.61. The molecule has 116 valence electrons. The van der Waals surface area contributed by atoms with E-state index in [9.17, 15) is 9.90 Å². The molecule has 0 aliphatic carbocycles. The lowest BCUT2D eigenvalue weighted by Gasteiger charge is -2.17. The molecule has 0 aliphatic heterocycles. The highest BCUT2D eigenvalue weighted by Crippen LogP contribution is 2.35. The third-order valence-electron chi connectivity index (χ3n) is 3.01. The Hall–Kier alpha value is -2.01. The minimum absolute atomic E-state index is 0.117. The number of carbonyl (C=O) groups is 1. The summed E-state index contributed by atoms with van der Waals surface area (Å²) in [5, 5.41) is 9.38. The molecule has 0 aromatic heterocycles. The van der Waals surface area contributed by atoms with Crippen molar-refractivity contribution in [1.29, 1.82) is 0 Å². The molecule has 0 spiro atoms. The summed E-state index contributed by atoms with van der Waals surface area (Å²) in [7, 11) is 2.97. The Bertz CT molecular complexity index is 542. The van der Waals surface area contributed by atoms with E-state index in [4.69, 9.17) is 14.2 Å². The molecule has 1 aromatic rings. The van der Waals surface area contributed by atoms with E-state index in [0.29, 0.717) is 29.2 Å². The number of allylic oxidation sites excluding steroid dienone is 1. The van der Waals surface area contributed by atoms with Gasteiger partial charge >= 0.3 is 5.97 Å². The van der Waals surface area contributed by atoms with Gasteiger partial charge in [0.15, 0.2) is 0 Å². The Labute approximate surface area is 125 Å². The van der Waals surface area contributed by atoms with Gasteiger partial charge in [-0.3, -0.25) is 0 Å². The molecule has 0 aliphatic rings. The second-order valence-electron chi connectivity index (χ2n) is 4.90. The van der Waals surface area contributed by atoms with E-state index in [-0.39, 0.29) is 12.2 Å². The number of benzene rings is 1. The van der Waals surface area contributed by atoms with Gasteiger partial charge in [-0.1, -0.05) is 5.57 Å². The fourth-order valence-electron chi connectivity index (χ4n) is 1.99. The molecule has 0 radical (unpaired) electrons. The summed E-state index contributed by atoms with van der Waals surface area (Å²) in [6.45, 7) is 6.35. The van der Waals surface area contributed by atoms with Crippen molar-refractivity contribution in [3.8, 4) is 11.5 Å². The SMILES string of the molecule is COCc1cc(OCC=C(C)C)c(C)c(OC)c1C(=O)O. The number of methoxy groups -OCH3 is 2. The Kier molecular flexibility index (Phi) is 6.24. The number of aromatic carboxylic acids is 1. The summed E-state index contributed by atoms with van der Waals surface area (Å²) >= 11 is 0. The van der Waals surface area contributed by atoms with E-state index >= 15 is 0 Å². The van der Waals surface area contributed by atoms with Gasteiger partial charge in [-0.05, 0) is 38.5 Å². The summed E-state index contributed by atoms with van der Waals surface area (Å²) in [6, 6.07) is 1.70. The molecular weight excluding hydrogens is 272 g/mol. The van der Waals surface area contributed by atoms with Gasteiger partial charge in [-0.15, -0.1) is 0 Å². The van der Waals surface area contributed by atoms with Crippen molar-refractivity contribution in [3.63, 3.8) is 0 Å². The number of ether oxygens (including phenoxy) is 3. The number of hydrogen-bond acceptors (Lipinski definition) is 4. The van der Waals surface area contributed by atoms with Crippen LogP contribution in [-0.4, -0.2) is 31.9 Å². The zero-order chi connectivity index (χ0) is 16.0. The van der Waals surface area contributed by atoms with Gasteiger partial charge in [0.25, 0.3) is 0 Å². The lowest BCUT2D eigenvalue weighted by molar-refractivity contribution is 0.0687. The third kappa shape index (κ3) is 4.23. The fraction of sp³-hybridized carbons (Fsp3) is 0.438. The van der Waals surface area contributed by atoms with Gasteiger partial charge < -0.3 is 19.3 Å². The molecule has 0 saturated carbocycles. The van der Waals surface area contributed by atoms with Crippen LogP contribution in [-0.2, 0) is 11.3 Å². The Balaban J connectivity index is 3.30. The van der Waals surface area contributed by atoms with Crippen LogP contribution in [0.2, 0.25) is 0 Å². The largest absolute Gasteiger partial charge is 0.495 e. The lowest BCUT2D eigenvalue weighted by atomic mass is 10.0. The standard InChI is InChI=1S/C16H22O5/c1-10(2)6-7-21-13-8-12(9-19-4)14(16(17)18)15(20-5)11(13)3/h6,8H,7,9H2,1-5H3,(H,17,18). The third-order valence-corrected chi connectivity index (χ3v) is 3.01. The Morgan fingerprint density at radius 1 is 1.33 bits per heavy atom. The van der Waals surface area contributed by atoms with Crippen LogP contribution in [0.1, 0.15) is 35.3 Å². The second kappa shape index (κ2) is 7.69. The maximum Gasteiger partial charge on any atom is 0.339 e. The topological polar surface area (TPSA) is 65.0 Å². The number of carboxylic acid groups (broad SMARTS) is 1. The molecule has 0 saturated heterocycles. The highest BCUT2D eigenvalue weighted by molar-refractivity contribution is 5.93. The van der Waals surface area contributed by atoms with E-state index in [0.717, 1.165) is 5.57 Å². The van der Waals surface area contributed by atoms with Crippen molar-refractivity contribution in [2.45, 2.75) is 27.4 Å². The number of rotatable bonds is 7. The summed E-state index contributed by atoms with van der Waals surface area (Å²) in [6.07, 6.45) is 1.95. The number of hydrogen-bond donors (Lipinski definition) is 1. The molecule has 0 bridgehead atoms. The van der Waals surface area contributed by atoms with E-state index in [2.05, 4.69) is 0 Å². The van der Waals surface area contributed by atoms with Crippen LogP contribution in [0.15, 0.2) is 17.7 Å². The summed E-state index contributed by atoms with van der Waals surface area (Å²) in [4.78, 5) is 11.5. The van der Waals surface area contributed by atoms with Crippen LogP contribution in [0.25, 0.3) is 0 Å². The first-order valence-electron chi connectivity index (χ1n) is 6.61. The highest BCUT2D eigenvalue weighted by atomic mass is 16.5. The van der Waals surface area contributed by atoms with Crippen LogP contribution in [0.4, 0.5) is 0 Å². The molecule has 0 heterocycles. The fourth-order valence-corrected chi connectivity index (χ4v) is 1.99. The van der Waals surface area contributed by atoms with Crippen molar-refractivity contribution in [2.75, 3.05) is 20.8 Å². The lowest BCUT2D eigenvalue weighted by Crippen LogP contribution is -2.09. The summed E-state index contributed by atoms with van der Waals surface area (Å²) < 4.78 is 16.0. The minimum Gasteiger partial charge on any atom is -0.495 e. The summed E-state index contributed by atoms with van der Waals surface area (Å²) in [5.74, 6) is -0.136. The predicted molar refractivity (Wildman–Crippen MR) is 80.3 cm³/mol. The smallest absolute Gasteiger partial charge is 0.339 e. The van der Waals surface area contributed by atoms with Gasteiger partial charge in [0.05, 0.1) is 13.7 Å². The predicted octanol–water partition coefficient (Wildman–Crippen LogP) is 3.19. The summed E-state index contributed by atoms with van der Waals surface area (Å²) in [5.41, 5.74) is 2.46. The van der Waals surface area contributed by atoms with Crippen molar-refractivity contribution in [3.05, 3.63) is 34.4 Å². The van der Waals surface area contributed by atoms with Gasteiger partial charge in [0.2, 0.25) is 0 Å². The molecule has 0 unspecified atom stereocenters. The zero-order valence-corrected chi connectivity index (χ0v) is 13.1. The quantitative estimate of drug-likeness (QED) is 0.782. The van der Waals surface area contributed by atoms with Gasteiger partial charge in [0, 0.05) is 12.7 Å². The number of carboxylic acids is 1. The van der Waals surface area contributed by atoms with Crippen molar-refractivity contribution in [2.24, 2.45) is 0 Å². The molecule has 0 fully saturated rings. The first kappa shape index (κ1) is 17.0. The van der Waals surface area contributed by atoms with Gasteiger partial charge in [-0.25, -0.2) is 4.79 Å². The highest BCUT2D eigenvalue weighted by Gasteiger charge is 2.22. The van der Waals surface area contributed by atoms with E-state index in [1.54, 1.807) is 13.0 Å². The van der Waals surface area contributed by atoms with Crippen LogP contribution in [0.5, 0.6) is 11.5 Å². The maximum absolute atomic E-state index is 11.5. The monoisotopic (exact) mass is 294 g/mol. The average Bonchev–Trinajstić information content (AvgIpc) is 2.40. The van der Waals surface area contributed by atoms with Gasteiger partial charge in [-0.2, -0.15) is 0 Å². The molecule has 0 atom stereocenters. The Morgan fingerprint density at radius 2 is 2.00 bits per heavy atom. The molecule has 5 nitrogen and oxygen atoms in total. The molecule has 5 heteroatoms. The molecule has 1 aromatic carbocycles. The molecule has 1 rings (SSSR count). The maximum atomic E-state index is 11.5. The zero-order valence-electron chi connectivity index (χ0n) is 13.1. The molecule has 1 N–H and O–H groups in total. The van der Waals surface area contributed by atoms with Crippen molar-refractivity contribution < 1.29 is 24.1 Å². The van der Waals surface area contributed by atoms with E-state index in [1.807, 2.05) is 19.9 Å². The van der Waals surface area contributed by atoms with Crippen molar-refractivity contribution >= 4 is 5.97 Å². The average molecular weight is 294 g/mol. The van der Waals surface area contributed by atoms with E-state index < -0.39 is 5.97 Å². The van der Waals surface area contributed by atoms with Crippen LogP contribution in [0.3, 0.4) is 0 Å². The minimum atomic E-state index is -1.04. The first-order chi connectivity index (χ1) is 9.92. The Morgan fingerprint density at radius 3 is 2.48 bits per heavy atom. The van der Waals surface area contributed by atoms with Gasteiger partial charge in [0.1, 0.15) is 23.7 Å². The normalized spacial score (nSPS) is 10.1. The molecule has 0 amide bonds. The van der Waals surface area contributed by atoms with Crippen LogP contribution < -0.4 is 9.47 Å². The van der Waals surface area contributed by atoms with Crippen LogP contribution in [0, 0.1) is 6.92 Å². The molecular formula is C16H22O5.